The van der Waals surface area contributed by atoms with Crippen LogP contribution in [0.25, 0.3) is 0 Å². The molecule has 0 radical (unpaired) electrons. The first kappa shape index (κ1) is 16.2. The maximum atomic E-state index is 12.7. The van der Waals surface area contributed by atoms with E-state index in [2.05, 4.69) is 44.0 Å². The van der Waals surface area contributed by atoms with E-state index in [1.807, 2.05) is 4.57 Å². The van der Waals surface area contributed by atoms with Crippen LogP contribution in [-0.2, 0) is 26.1 Å². The number of likely N-dealkylation sites (N-methyl/N-ethyl adjacent to an activating group) is 1. The molecule has 1 N–H and O–H groups in total. The van der Waals surface area contributed by atoms with Crippen LogP contribution in [0.4, 0.5) is 0 Å². The summed E-state index contributed by atoms with van der Waals surface area (Å²) >= 11 is 0. The summed E-state index contributed by atoms with van der Waals surface area (Å²) in [6, 6.07) is 2.54. The van der Waals surface area contributed by atoms with Crippen molar-refractivity contribution in [3.63, 3.8) is 0 Å². The number of nitrogens with zero attached hydrogens (tertiary/aromatic N) is 2. The highest BCUT2D eigenvalue weighted by Crippen LogP contribution is 2.19. The van der Waals surface area contributed by atoms with Crippen molar-refractivity contribution in [2.75, 3.05) is 13.1 Å². The minimum atomic E-state index is 0.202. The van der Waals surface area contributed by atoms with E-state index in [-0.39, 0.29) is 5.56 Å². The van der Waals surface area contributed by atoms with Gasteiger partial charge in [-0.25, -0.2) is 0 Å². The summed E-state index contributed by atoms with van der Waals surface area (Å²) in [5.74, 6) is 0. The van der Waals surface area contributed by atoms with Crippen LogP contribution in [0, 0.1) is 0 Å². The lowest BCUT2D eigenvalue weighted by molar-refractivity contribution is 0.261. The van der Waals surface area contributed by atoms with Gasteiger partial charge in [-0.05, 0) is 24.6 Å². The molecular formula is C17H29N3O. The third-order valence-corrected chi connectivity index (χ3v) is 4.22. The summed E-state index contributed by atoms with van der Waals surface area (Å²) in [5.41, 5.74) is 3.72. The molecule has 1 aliphatic rings. The maximum absolute atomic E-state index is 12.7. The Bertz CT molecular complexity index is 534. The number of hydrogen-bond acceptors (Lipinski definition) is 3. The lowest BCUT2D eigenvalue weighted by Gasteiger charge is -2.30. The molecule has 0 saturated carbocycles. The largest absolute Gasteiger partial charge is 0.312 e. The van der Waals surface area contributed by atoms with Gasteiger partial charge in [0.1, 0.15) is 0 Å². The number of nitrogens with one attached hydrogen (secondary N) is 1. The van der Waals surface area contributed by atoms with E-state index < -0.39 is 0 Å². The summed E-state index contributed by atoms with van der Waals surface area (Å²) in [6.07, 6.45) is 2.00. The van der Waals surface area contributed by atoms with Gasteiger partial charge in [0.05, 0.1) is 0 Å². The molecule has 0 aromatic carbocycles. The topological polar surface area (TPSA) is 37.3 Å². The molecule has 0 aliphatic carbocycles. The van der Waals surface area contributed by atoms with Crippen molar-refractivity contribution in [1.82, 2.24) is 14.8 Å². The van der Waals surface area contributed by atoms with Crippen molar-refractivity contribution in [3.8, 4) is 0 Å². The van der Waals surface area contributed by atoms with Crippen LogP contribution in [0.15, 0.2) is 10.9 Å². The third-order valence-electron chi connectivity index (χ3n) is 4.22. The molecule has 0 saturated heterocycles. The standard InChI is InChI=1S/C17H29N3O/c1-5-8-20-16-7-9-19(6-2)12-15(16)10-14(17(20)21)11-18-13(3)4/h10,13,18H,5-9,11-12H2,1-4H3. The molecule has 1 aliphatic heterocycles. The molecule has 0 amide bonds. The second kappa shape index (κ2) is 7.23. The van der Waals surface area contributed by atoms with Crippen molar-refractivity contribution in [2.45, 2.75) is 66.2 Å². The van der Waals surface area contributed by atoms with E-state index in [0.29, 0.717) is 12.6 Å². The zero-order valence-electron chi connectivity index (χ0n) is 13.9. The van der Waals surface area contributed by atoms with Gasteiger partial charge in [-0.1, -0.05) is 27.7 Å². The Morgan fingerprint density at radius 3 is 2.71 bits per heavy atom. The Kier molecular flexibility index (Phi) is 5.59. The number of aromatic nitrogens is 1. The van der Waals surface area contributed by atoms with Crippen LogP contribution >= 0.6 is 0 Å². The molecule has 4 heteroatoms. The van der Waals surface area contributed by atoms with Gasteiger partial charge < -0.3 is 9.88 Å². The highest BCUT2D eigenvalue weighted by atomic mass is 16.1. The van der Waals surface area contributed by atoms with Crippen LogP contribution in [0.2, 0.25) is 0 Å². The first-order valence-corrected chi connectivity index (χ1v) is 8.27. The molecule has 0 fully saturated rings. The first-order valence-electron chi connectivity index (χ1n) is 8.27. The number of rotatable bonds is 6. The van der Waals surface area contributed by atoms with Gasteiger partial charge in [-0.15, -0.1) is 0 Å². The average Bonchev–Trinajstić information content (AvgIpc) is 2.47. The van der Waals surface area contributed by atoms with E-state index in [9.17, 15) is 4.79 Å². The lowest BCUT2D eigenvalue weighted by Crippen LogP contribution is -2.38. The van der Waals surface area contributed by atoms with Crippen LogP contribution in [-0.4, -0.2) is 28.6 Å². The summed E-state index contributed by atoms with van der Waals surface area (Å²) in [4.78, 5) is 15.2. The van der Waals surface area contributed by atoms with Crippen molar-refractivity contribution in [2.24, 2.45) is 0 Å². The van der Waals surface area contributed by atoms with Crippen molar-refractivity contribution in [1.29, 1.82) is 0 Å². The van der Waals surface area contributed by atoms with Crippen LogP contribution in [0.1, 0.15) is 50.9 Å². The summed E-state index contributed by atoms with van der Waals surface area (Å²) in [7, 11) is 0. The van der Waals surface area contributed by atoms with E-state index in [4.69, 9.17) is 0 Å². The van der Waals surface area contributed by atoms with E-state index in [1.54, 1.807) is 0 Å². The van der Waals surface area contributed by atoms with Gasteiger partial charge in [0.25, 0.3) is 5.56 Å². The molecule has 0 atom stereocenters. The van der Waals surface area contributed by atoms with Crippen LogP contribution in [0.5, 0.6) is 0 Å². The van der Waals surface area contributed by atoms with Crippen molar-refractivity contribution in [3.05, 3.63) is 33.2 Å². The third kappa shape index (κ3) is 3.74. The molecule has 4 nitrogen and oxygen atoms in total. The minimum Gasteiger partial charge on any atom is -0.312 e. The Hall–Kier alpha value is -1.13. The zero-order chi connectivity index (χ0) is 15.4. The maximum Gasteiger partial charge on any atom is 0.255 e. The summed E-state index contributed by atoms with van der Waals surface area (Å²) in [5, 5.41) is 3.38. The monoisotopic (exact) mass is 291 g/mol. The molecule has 2 rings (SSSR count). The van der Waals surface area contributed by atoms with Crippen molar-refractivity contribution < 1.29 is 0 Å². The lowest BCUT2D eigenvalue weighted by atomic mass is 10.0. The SMILES string of the molecule is CCCn1c2c(cc(CNC(C)C)c1=O)CN(CC)CC2. The quantitative estimate of drug-likeness (QED) is 0.872. The van der Waals surface area contributed by atoms with Crippen LogP contribution < -0.4 is 10.9 Å². The smallest absolute Gasteiger partial charge is 0.255 e. The second-order valence-corrected chi connectivity index (χ2v) is 6.25. The van der Waals surface area contributed by atoms with Gasteiger partial charge in [-0.2, -0.15) is 0 Å². The number of hydrogen-bond donors (Lipinski definition) is 1. The van der Waals surface area contributed by atoms with Gasteiger partial charge in [0.2, 0.25) is 0 Å². The molecule has 118 valence electrons. The number of pyridine rings is 1. The highest BCUT2D eigenvalue weighted by Gasteiger charge is 2.20. The molecule has 0 unspecified atom stereocenters. The second-order valence-electron chi connectivity index (χ2n) is 6.25. The van der Waals surface area contributed by atoms with Crippen LogP contribution in [0.3, 0.4) is 0 Å². The number of fused-ring (bicyclic) bond motifs is 1. The highest BCUT2D eigenvalue weighted by molar-refractivity contribution is 5.29. The molecule has 0 spiro atoms. The molecule has 1 aromatic heterocycles. The van der Waals surface area contributed by atoms with E-state index >= 15 is 0 Å². The summed E-state index contributed by atoms with van der Waals surface area (Å²) in [6.45, 7) is 13.2. The van der Waals surface area contributed by atoms with Gasteiger partial charge >= 0.3 is 0 Å². The average molecular weight is 291 g/mol. The van der Waals surface area contributed by atoms with Gasteiger partial charge in [-0.3, -0.25) is 9.69 Å². The fraction of sp³-hybridized carbons (Fsp3) is 0.706. The molecule has 1 aromatic rings. The Morgan fingerprint density at radius 1 is 1.33 bits per heavy atom. The summed E-state index contributed by atoms with van der Waals surface area (Å²) < 4.78 is 2.03. The predicted octanol–water partition coefficient (Wildman–Crippen LogP) is 2.13. The normalized spacial score (nSPS) is 15.5. The first-order chi connectivity index (χ1) is 10.1. The Balaban J connectivity index is 2.39. The fourth-order valence-electron chi connectivity index (χ4n) is 3.01. The van der Waals surface area contributed by atoms with E-state index in [0.717, 1.165) is 44.6 Å². The predicted molar refractivity (Wildman–Crippen MR) is 87.6 cm³/mol. The fourth-order valence-corrected chi connectivity index (χ4v) is 3.01. The molecule has 0 bridgehead atoms. The Labute approximate surface area is 128 Å². The zero-order valence-corrected chi connectivity index (χ0v) is 13.9. The molecule has 21 heavy (non-hydrogen) atoms. The van der Waals surface area contributed by atoms with Gasteiger partial charge in [0, 0.05) is 49.9 Å². The van der Waals surface area contributed by atoms with Crippen molar-refractivity contribution >= 4 is 0 Å². The molecular weight excluding hydrogens is 262 g/mol. The van der Waals surface area contributed by atoms with Gasteiger partial charge in [0.15, 0.2) is 0 Å². The molecule has 2 heterocycles. The minimum absolute atomic E-state index is 0.202. The van der Waals surface area contributed by atoms with E-state index in [1.165, 1.54) is 11.3 Å². The Morgan fingerprint density at radius 2 is 2.10 bits per heavy atom.